The summed E-state index contributed by atoms with van der Waals surface area (Å²) in [6, 6.07) is 4.78. The van der Waals surface area contributed by atoms with Gasteiger partial charge < -0.3 is 10.0 Å². The number of piperidine rings is 1. The molecule has 0 spiro atoms. The maximum absolute atomic E-state index is 9.40. The molecular weight excluding hydrogens is 452 g/mol. The highest BCUT2D eigenvalue weighted by Gasteiger charge is 2.28. The Labute approximate surface area is 193 Å². The molecule has 2 aromatic heterocycles. The Kier molecular flexibility index (Phi) is 6.40. The molecule has 0 saturated carbocycles. The number of benzene rings is 1. The number of nitrogens with zero attached hydrogens (tertiary/aromatic N) is 4. The van der Waals surface area contributed by atoms with Gasteiger partial charge in [0.05, 0.1) is 11.1 Å². The molecule has 1 aromatic carbocycles. The fraction of sp³-hybridized carbons (Fsp3) is 0.520. The lowest BCUT2D eigenvalue weighted by Crippen LogP contribution is -2.40. The molecule has 3 aromatic rings. The van der Waals surface area contributed by atoms with E-state index in [0.717, 1.165) is 47.6 Å². The molecule has 31 heavy (non-hydrogen) atoms. The zero-order chi connectivity index (χ0) is 22.3. The van der Waals surface area contributed by atoms with Gasteiger partial charge in [0.2, 0.25) is 0 Å². The second-order valence-electron chi connectivity index (χ2n) is 8.94. The van der Waals surface area contributed by atoms with Gasteiger partial charge in [0.25, 0.3) is 0 Å². The standard InChI is InChI=1S/C25H33BrN4O/c1-15-13-20(26)14-16(2)23(15)30-18(4)17(3)22-24(27-19(5)28-25(22)30)29-11-7-6-9-21(29)10-8-12-31/h13-14,21,31H,6-12H2,1-5H3. The van der Waals surface area contributed by atoms with Crippen LogP contribution in [0.3, 0.4) is 0 Å². The van der Waals surface area contributed by atoms with Crippen molar-refractivity contribution in [3.8, 4) is 5.69 Å². The highest BCUT2D eigenvalue weighted by molar-refractivity contribution is 9.10. The molecule has 1 aliphatic heterocycles. The highest BCUT2D eigenvalue weighted by atomic mass is 79.9. The van der Waals surface area contributed by atoms with Crippen LogP contribution in [-0.4, -0.2) is 38.8 Å². The molecule has 1 atom stereocenters. The maximum atomic E-state index is 9.40. The number of aryl methyl sites for hydroxylation is 4. The first-order valence-electron chi connectivity index (χ1n) is 11.3. The number of hydrogen-bond donors (Lipinski definition) is 1. The molecule has 0 aliphatic carbocycles. The van der Waals surface area contributed by atoms with Crippen molar-refractivity contribution in [3.05, 3.63) is 44.8 Å². The van der Waals surface area contributed by atoms with E-state index in [1.165, 1.54) is 46.3 Å². The third-order valence-corrected chi connectivity index (χ3v) is 7.18. The number of anilines is 1. The van der Waals surface area contributed by atoms with Gasteiger partial charge in [-0.25, -0.2) is 9.97 Å². The van der Waals surface area contributed by atoms with Crippen molar-refractivity contribution < 1.29 is 5.11 Å². The summed E-state index contributed by atoms with van der Waals surface area (Å²) < 4.78 is 3.43. The number of aromatic nitrogens is 3. The molecule has 0 bridgehead atoms. The van der Waals surface area contributed by atoms with E-state index in [-0.39, 0.29) is 6.61 Å². The lowest BCUT2D eigenvalue weighted by atomic mass is 9.97. The van der Waals surface area contributed by atoms with E-state index in [9.17, 15) is 5.11 Å². The number of hydrogen-bond acceptors (Lipinski definition) is 4. The van der Waals surface area contributed by atoms with Crippen LogP contribution in [-0.2, 0) is 0 Å². The quantitative estimate of drug-likeness (QED) is 0.492. The lowest BCUT2D eigenvalue weighted by Gasteiger charge is -2.37. The molecule has 1 saturated heterocycles. The largest absolute Gasteiger partial charge is 0.396 e. The van der Waals surface area contributed by atoms with E-state index in [4.69, 9.17) is 9.97 Å². The molecule has 5 nitrogen and oxygen atoms in total. The Morgan fingerprint density at radius 2 is 1.77 bits per heavy atom. The molecule has 3 heterocycles. The summed E-state index contributed by atoms with van der Waals surface area (Å²) >= 11 is 3.64. The predicted octanol–water partition coefficient (Wildman–Crippen LogP) is 5.86. The van der Waals surface area contributed by atoms with E-state index >= 15 is 0 Å². The van der Waals surface area contributed by atoms with E-state index in [1.54, 1.807) is 0 Å². The third kappa shape index (κ3) is 4.00. The van der Waals surface area contributed by atoms with Gasteiger partial charge in [-0.2, -0.15) is 0 Å². The fourth-order valence-electron chi connectivity index (χ4n) is 5.19. The summed E-state index contributed by atoms with van der Waals surface area (Å²) in [5.74, 6) is 1.87. The third-order valence-electron chi connectivity index (χ3n) is 6.72. The Balaban J connectivity index is 1.96. The molecule has 1 fully saturated rings. The summed E-state index contributed by atoms with van der Waals surface area (Å²) in [5.41, 5.74) is 7.12. The minimum Gasteiger partial charge on any atom is -0.396 e. The van der Waals surface area contributed by atoms with Gasteiger partial charge in [-0.1, -0.05) is 15.9 Å². The monoisotopic (exact) mass is 484 g/mol. The van der Waals surface area contributed by atoms with E-state index < -0.39 is 0 Å². The molecule has 0 amide bonds. The van der Waals surface area contributed by atoms with Crippen LogP contribution in [0.1, 0.15) is 60.3 Å². The predicted molar refractivity (Wildman–Crippen MR) is 132 cm³/mol. The van der Waals surface area contributed by atoms with Crippen molar-refractivity contribution in [2.75, 3.05) is 18.1 Å². The SMILES string of the molecule is Cc1nc(N2CCCCC2CCCO)c2c(C)c(C)n(-c3c(C)cc(Br)cc3C)c2n1. The Bertz CT molecular complexity index is 1100. The van der Waals surface area contributed by atoms with Gasteiger partial charge >= 0.3 is 0 Å². The average molecular weight is 485 g/mol. The first-order valence-corrected chi connectivity index (χ1v) is 12.1. The topological polar surface area (TPSA) is 54.2 Å². The molecule has 166 valence electrons. The van der Waals surface area contributed by atoms with Gasteiger partial charge in [-0.3, -0.25) is 4.57 Å². The van der Waals surface area contributed by atoms with Gasteiger partial charge in [0.1, 0.15) is 11.6 Å². The number of rotatable bonds is 5. The minimum atomic E-state index is 0.249. The summed E-state index contributed by atoms with van der Waals surface area (Å²) in [6.07, 6.45) is 5.43. The van der Waals surface area contributed by atoms with Crippen LogP contribution in [0.15, 0.2) is 16.6 Å². The first-order chi connectivity index (χ1) is 14.8. The van der Waals surface area contributed by atoms with Crippen LogP contribution in [0.4, 0.5) is 5.82 Å². The van der Waals surface area contributed by atoms with E-state index in [0.29, 0.717) is 6.04 Å². The Morgan fingerprint density at radius 1 is 1.06 bits per heavy atom. The van der Waals surface area contributed by atoms with Gasteiger partial charge in [0, 0.05) is 29.4 Å². The summed E-state index contributed by atoms with van der Waals surface area (Å²) in [7, 11) is 0. The van der Waals surface area contributed by atoms with E-state index in [2.05, 4.69) is 65.2 Å². The molecule has 1 N–H and O–H groups in total. The van der Waals surface area contributed by atoms with E-state index in [1.807, 2.05) is 6.92 Å². The average Bonchev–Trinajstić information content (AvgIpc) is 2.96. The molecule has 0 radical (unpaired) electrons. The number of halogens is 1. The van der Waals surface area contributed by atoms with Crippen molar-refractivity contribution in [3.63, 3.8) is 0 Å². The zero-order valence-corrected chi connectivity index (χ0v) is 20.9. The van der Waals surface area contributed by atoms with Crippen LogP contribution in [0.2, 0.25) is 0 Å². The zero-order valence-electron chi connectivity index (χ0n) is 19.3. The molecule has 4 rings (SSSR count). The summed E-state index contributed by atoms with van der Waals surface area (Å²) in [4.78, 5) is 12.4. The van der Waals surface area contributed by atoms with Crippen molar-refractivity contribution in [2.24, 2.45) is 0 Å². The maximum Gasteiger partial charge on any atom is 0.150 e. The van der Waals surface area contributed by atoms with Crippen LogP contribution in [0.5, 0.6) is 0 Å². The Morgan fingerprint density at radius 3 is 2.45 bits per heavy atom. The summed E-state index contributed by atoms with van der Waals surface area (Å²) in [6.45, 7) is 12.0. The van der Waals surface area contributed by atoms with Gasteiger partial charge in [0.15, 0.2) is 5.65 Å². The molecule has 6 heteroatoms. The van der Waals surface area contributed by atoms with Crippen molar-refractivity contribution in [1.29, 1.82) is 0 Å². The highest BCUT2D eigenvalue weighted by Crippen LogP contribution is 2.38. The van der Waals surface area contributed by atoms with Gasteiger partial charge in [-0.05, 0) is 95.5 Å². The van der Waals surface area contributed by atoms with Crippen LogP contribution in [0.25, 0.3) is 16.7 Å². The Hall–Kier alpha value is -1.92. The van der Waals surface area contributed by atoms with Crippen molar-refractivity contribution >= 4 is 32.8 Å². The first kappa shape index (κ1) is 22.3. The molecule has 1 unspecified atom stereocenters. The fourth-order valence-corrected chi connectivity index (χ4v) is 5.88. The van der Waals surface area contributed by atoms with Crippen molar-refractivity contribution in [2.45, 2.75) is 72.8 Å². The molecule has 1 aliphatic rings. The van der Waals surface area contributed by atoms with Crippen LogP contribution >= 0.6 is 15.9 Å². The second-order valence-corrected chi connectivity index (χ2v) is 9.85. The number of aliphatic hydroxyl groups excluding tert-OH is 1. The molecular formula is C25H33BrN4O. The normalized spacial score (nSPS) is 17.0. The second kappa shape index (κ2) is 8.91. The summed E-state index contributed by atoms with van der Waals surface area (Å²) in [5, 5.41) is 10.6. The smallest absolute Gasteiger partial charge is 0.150 e. The minimum absolute atomic E-state index is 0.249. The number of aliphatic hydroxyl groups is 1. The van der Waals surface area contributed by atoms with Crippen LogP contribution < -0.4 is 4.90 Å². The van der Waals surface area contributed by atoms with Crippen molar-refractivity contribution in [1.82, 2.24) is 14.5 Å². The number of fused-ring (bicyclic) bond motifs is 1. The van der Waals surface area contributed by atoms with Gasteiger partial charge in [-0.15, -0.1) is 0 Å². The lowest BCUT2D eigenvalue weighted by molar-refractivity contribution is 0.273. The van der Waals surface area contributed by atoms with Crippen LogP contribution in [0, 0.1) is 34.6 Å².